The van der Waals surface area contributed by atoms with Gasteiger partial charge in [-0.2, -0.15) is 0 Å². The van der Waals surface area contributed by atoms with Gasteiger partial charge in [0.05, 0.1) is 18.2 Å². The molecule has 0 spiro atoms. The van der Waals surface area contributed by atoms with E-state index in [2.05, 4.69) is 20.7 Å². The molecule has 0 atom stereocenters. The molecule has 0 aliphatic heterocycles. The molecule has 0 saturated carbocycles. The maximum Gasteiger partial charge on any atom is 0.337 e. The van der Waals surface area contributed by atoms with Crippen molar-refractivity contribution in [3.63, 3.8) is 0 Å². The second-order valence-corrected chi connectivity index (χ2v) is 4.30. The topological polar surface area (TPSA) is 56.5 Å². The second kappa shape index (κ2) is 5.18. The number of halogens is 1. The van der Waals surface area contributed by atoms with Crippen molar-refractivity contribution in [3.05, 3.63) is 46.1 Å². The van der Waals surface area contributed by atoms with Crippen LogP contribution in [-0.4, -0.2) is 19.4 Å². The molecule has 0 unspecified atom stereocenters. The minimum Gasteiger partial charge on any atom is -0.465 e. The van der Waals surface area contributed by atoms with Gasteiger partial charge >= 0.3 is 5.97 Å². The maximum atomic E-state index is 11.3. The first-order chi connectivity index (χ1) is 8.65. The van der Waals surface area contributed by atoms with E-state index in [1.54, 1.807) is 30.3 Å². The highest BCUT2D eigenvalue weighted by atomic mass is 79.9. The monoisotopic (exact) mass is 308 g/mol. The number of ether oxygens (including phenoxy) is 1. The van der Waals surface area contributed by atoms with E-state index in [4.69, 9.17) is 4.42 Å². The number of methoxy groups -OCH3 is 1. The Morgan fingerprint density at radius 1 is 1.33 bits per heavy atom. The summed E-state index contributed by atoms with van der Waals surface area (Å²) in [7, 11) is 1.32. The lowest BCUT2D eigenvalue weighted by atomic mass is 10.1. The predicted octanol–water partition coefficient (Wildman–Crippen LogP) is 3.31. The average Bonchev–Trinajstić information content (AvgIpc) is 2.79. The Balaban J connectivity index is 2.39. The van der Waals surface area contributed by atoms with Crippen LogP contribution in [0.4, 0.5) is 0 Å². The van der Waals surface area contributed by atoms with Crippen LogP contribution >= 0.6 is 15.9 Å². The third kappa shape index (κ3) is 2.36. The van der Waals surface area contributed by atoms with Crippen molar-refractivity contribution in [2.45, 2.75) is 0 Å². The summed E-state index contributed by atoms with van der Waals surface area (Å²) in [6.45, 7) is 0. The van der Waals surface area contributed by atoms with Crippen molar-refractivity contribution in [2.75, 3.05) is 7.11 Å². The lowest BCUT2D eigenvalue weighted by molar-refractivity contribution is 0.0600. The van der Waals surface area contributed by atoms with Gasteiger partial charge < -0.3 is 9.15 Å². The number of benzene rings is 1. The molecule has 1 aromatic heterocycles. The molecule has 18 heavy (non-hydrogen) atoms. The normalized spacial score (nSPS) is 10.1. The molecule has 92 valence electrons. The van der Waals surface area contributed by atoms with Crippen molar-refractivity contribution in [3.8, 4) is 11.3 Å². The molecule has 0 fully saturated rings. The Bertz CT molecular complexity index is 584. The van der Waals surface area contributed by atoms with Crippen molar-refractivity contribution in [1.82, 2.24) is 0 Å². The van der Waals surface area contributed by atoms with E-state index < -0.39 is 5.97 Å². The van der Waals surface area contributed by atoms with Gasteiger partial charge in [0.2, 0.25) is 0 Å². The van der Waals surface area contributed by atoms with Gasteiger partial charge in [0.15, 0.2) is 11.0 Å². The van der Waals surface area contributed by atoms with E-state index >= 15 is 0 Å². The van der Waals surface area contributed by atoms with Gasteiger partial charge in [-0.3, -0.25) is 4.79 Å². The van der Waals surface area contributed by atoms with Crippen LogP contribution in [0.15, 0.2) is 39.4 Å². The summed E-state index contributed by atoms with van der Waals surface area (Å²) in [4.78, 5) is 22.2. The summed E-state index contributed by atoms with van der Waals surface area (Å²) in [5.74, 6) is 0.0612. The zero-order chi connectivity index (χ0) is 13.1. The van der Waals surface area contributed by atoms with Crippen LogP contribution < -0.4 is 0 Å². The van der Waals surface area contributed by atoms with Crippen molar-refractivity contribution in [1.29, 1.82) is 0 Å². The van der Waals surface area contributed by atoms with E-state index in [1.165, 1.54) is 7.11 Å². The highest BCUT2D eigenvalue weighted by Crippen LogP contribution is 2.29. The van der Waals surface area contributed by atoms with Gasteiger partial charge in [-0.25, -0.2) is 4.79 Å². The van der Waals surface area contributed by atoms with Crippen LogP contribution in [-0.2, 0) is 4.74 Å². The maximum absolute atomic E-state index is 11.3. The van der Waals surface area contributed by atoms with Crippen molar-refractivity contribution in [2.24, 2.45) is 0 Å². The first kappa shape index (κ1) is 12.6. The minimum absolute atomic E-state index is 0.405. The zero-order valence-corrected chi connectivity index (χ0v) is 11.1. The molecule has 0 radical (unpaired) electrons. The van der Waals surface area contributed by atoms with Crippen LogP contribution in [0.2, 0.25) is 0 Å². The van der Waals surface area contributed by atoms with Crippen molar-refractivity contribution < 1.29 is 18.7 Å². The molecular weight excluding hydrogens is 300 g/mol. The summed E-state index contributed by atoms with van der Waals surface area (Å²) in [6, 6.07) is 8.23. The number of hydrogen-bond donors (Lipinski definition) is 0. The van der Waals surface area contributed by atoms with Crippen LogP contribution in [0.25, 0.3) is 11.3 Å². The van der Waals surface area contributed by atoms with Crippen LogP contribution in [0.1, 0.15) is 20.7 Å². The third-order valence-electron chi connectivity index (χ3n) is 2.43. The van der Waals surface area contributed by atoms with Gasteiger partial charge in [0.25, 0.3) is 0 Å². The van der Waals surface area contributed by atoms with Gasteiger partial charge in [0, 0.05) is 11.6 Å². The fourth-order valence-corrected chi connectivity index (χ4v) is 1.97. The van der Waals surface area contributed by atoms with Crippen LogP contribution in [0, 0.1) is 0 Å². The number of furan rings is 1. The molecule has 0 aliphatic rings. The molecule has 0 aliphatic carbocycles. The summed E-state index contributed by atoms with van der Waals surface area (Å²) >= 11 is 3.17. The van der Waals surface area contributed by atoms with Gasteiger partial charge in [-0.05, 0) is 28.1 Å². The molecule has 0 amide bonds. The van der Waals surface area contributed by atoms with Crippen molar-refractivity contribution >= 4 is 28.2 Å². The Hall–Kier alpha value is -1.88. The zero-order valence-electron chi connectivity index (χ0n) is 9.48. The third-order valence-corrected chi connectivity index (χ3v) is 2.82. The molecule has 0 bridgehead atoms. The van der Waals surface area contributed by atoms with E-state index in [9.17, 15) is 9.59 Å². The summed E-state index contributed by atoms with van der Waals surface area (Å²) in [5.41, 5.74) is 1.61. The number of aldehydes is 1. The molecular formula is C13H9BrO4. The number of hydrogen-bond acceptors (Lipinski definition) is 4. The Morgan fingerprint density at radius 2 is 2.00 bits per heavy atom. The first-order valence-corrected chi connectivity index (χ1v) is 5.88. The van der Waals surface area contributed by atoms with E-state index in [1.807, 2.05) is 0 Å². The highest BCUT2D eigenvalue weighted by Gasteiger charge is 2.12. The molecule has 0 N–H and O–H groups in total. The second-order valence-electron chi connectivity index (χ2n) is 3.52. The minimum atomic E-state index is -0.405. The summed E-state index contributed by atoms with van der Waals surface area (Å²) in [5, 5.41) is 0. The molecule has 1 heterocycles. The quantitative estimate of drug-likeness (QED) is 0.645. The summed E-state index contributed by atoms with van der Waals surface area (Å²) < 4.78 is 10.5. The molecule has 4 nitrogen and oxygen atoms in total. The molecule has 0 saturated heterocycles. The predicted molar refractivity (Wildman–Crippen MR) is 68.6 cm³/mol. The largest absolute Gasteiger partial charge is 0.465 e. The highest BCUT2D eigenvalue weighted by molar-refractivity contribution is 9.10. The molecule has 1 aromatic carbocycles. The average molecular weight is 309 g/mol. The van der Waals surface area contributed by atoms with E-state index in [-0.39, 0.29) is 0 Å². The Labute approximate surface area is 112 Å². The van der Waals surface area contributed by atoms with Gasteiger partial charge in [-0.15, -0.1) is 0 Å². The lowest BCUT2D eigenvalue weighted by Crippen LogP contribution is -2.00. The van der Waals surface area contributed by atoms with Gasteiger partial charge in [-0.1, -0.05) is 12.1 Å². The molecule has 5 heteroatoms. The van der Waals surface area contributed by atoms with Crippen LogP contribution in [0.5, 0.6) is 0 Å². The molecule has 2 rings (SSSR count). The standard InChI is InChI=1S/C13H9BrO4/c1-17-13(16)9-4-2-8(3-5-9)12-10(7-15)6-11(14)18-12/h2-7H,1H3. The SMILES string of the molecule is COC(=O)c1ccc(-c2oc(Br)cc2C=O)cc1. The van der Waals surface area contributed by atoms with E-state index in [0.717, 1.165) is 11.8 Å². The number of esters is 1. The number of carbonyl (C=O) groups excluding carboxylic acids is 2. The smallest absolute Gasteiger partial charge is 0.337 e. The molecule has 2 aromatic rings. The van der Waals surface area contributed by atoms with E-state index in [0.29, 0.717) is 21.6 Å². The summed E-state index contributed by atoms with van der Waals surface area (Å²) in [6.07, 6.45) is 0.720. The number of rotatable bonds is 3. The van der Waals surface area contributed by atoms with Crippen LogP contribution in [0.3, 0.4) is 0 Å². The first-order valence-electron chi connectivity index (χ1n) is 5.09. The van der Waals surface area contributed by atoms with Gasteiger partial charge in [0.1, 0.15) is 5.76 Å². The Morgan fingerprint density at radius 3 is 2.56 bits per heavy atom. The number of carbonyl (C=O) groups is 2. The fourth-order valence-electron chi connectivity index (χ4n) is 1.56. The lowest BCUT2D eigenvalue weighted by Gasteiger charge is -2.01. The Kier molecular flexibility index (Phi) is 3.62. The fraction of sp³-hybridized carbons (Fsp3) is 0.0769.